The first-order chi connectivity index (χ1) is 20.2. The smallest absolute Gasteiger partial charge is 0.416 e. The Balaban J connectivity index is 0.000000236. The highest BCUT2D eigenvalue weighted by atomic mass is 19.4. The van der Waals surface area contributed by atoms with E-state index in [9.17, 15) is 39.9 Å². The topological polar surface area (TPSA) is 79.5 Å². The van der Waals surface area contributed by atoms with Crippen LogP contribution in [0.25, 0.3) is 0 Å². The summed E-state index contributed by atoms with van der Waals surface area (Å²) in [5.74, 6) is -2.76. The van der Waals surface area contributed by atoms with E-state index in [4.69, 9.17) is 19.8 Å². The number of benzene rings is 4. The first-order valence-electron chi connectivity index (χ1n) is 12.0. The Bertz CT molecular complexity index is 1590. The highest BCUT2D eigenvalue weighted by molar-refractivity contribution is 5.88. The third kappa shape index (κ3) is 9.46. The number of halogens is 8. The number of carboxylic acid groups (broad SMARTS) is 1. The van der Waals surface area contributed by atoms with Gasteiger partial charge in [-0.3, -0.25) is 0 Å². The first-order valence-corrected chi connectivity index (χ1v) is 12.0. The van der Waals surface area contributed by atoms with Gasteiger partial charge in [-0.1, -0.05) is 24.3 Å². The van der Waals surface area contributed by atoms with Crippen LogP contribution in [-0.2, 0) is 25.6 Å². The average molecular weight is 609 g/mol. The Kier molecular flexibility index (Phi) is 10.3. The lowest BCUT2D eigenvalue weighted by molar-refractivity contribution is -0.138. The van der Waals surface area contributed by atoms with Crippen LogP contribution in [0.1, 0.15) is 38.2 Å². The zero-order valence-corrected chi connectivity index (χ0v) is 21.6. The van der Waals surface area contributed by atoms with E-state index < -0.39 is 46.6 Å². The fourth-order valence-corrected chi connectivity index (χ4v) is 3.35. The lowest BCUT2D eigenvalue weighted by Crippen LogP contribution is -2.05. The van der Waals surface area contributed by atoms with Crippen LogP contribution in [0.2, 0.25) is 0 Å². The number of nitriles is 1. The summed E-state index contributed by atoms with van der Waals surface area (Å²) in [4.78, 5) is 10.7. The van der Waals surface area contributed by atoms with Crippen molar-refractivity contribution in [2.75, 3.05) is 0 Å². The van der Waals surface area contributed by atoms with Crippen molar-refractivity contribution in [2.45, 2.75) is 25.6 Å². The maximum Gasteiger partial charge on any atom is 0.416 e. The Morgan fingerprint density at radius 2 is 1.09 bits per heavy atom. The molecule has 0 radical (unpaired) electrons. The SMILES string of the molecule is N#Cc1ccc(OCc2ccc(C(F)(F)F)cc2)cc1F.O=C(O)c1ccc(OCc2ccc(C(F)(F)F)cc2)cc1F. The fourth-order valence-electron chi connectivity index (χ4n) is 3.35. The minimum Gasteiger partial charge on any atom is -0.489 e. The predicted octanol–water partition coefficient (Wildman–Crippen LogP) is 8.42. The minimum atomic E-state index is -4.41. The molecule has 0 aromatic heterocycles. The molecule has 0 unspecified atom stereocenters. The summed E-state index contributed by atoms with van der Waals surface area (Å²) in [5, 5.41) is 17.3. The standard InChI is InChI=1S/C15H9F4NO.C15H10F4O3/c16-14-7-13(6-3-11(14)8-20)21-9-10-1-4-12(5-2-10)15(17,18)19;16-13-7-11(5-6-12(13)14(20)21)22-8-9-1-3-10(4-2-9)15(17,18)19/h1-7H,9H2;1-7H,8H2,(H,20,21). The number of carboxylic acids is 1. The predicted molar refractivity (Wildman–Crippen MR) is 136 cm³/mol. The molecular formula is C30H19F8NO4. The number of alkyl halides is 6. The zero-order valence-electron chi connectivity index (χ0n) is 21.6. The van der Waals surface area contributed by atoms with Gasteiger partial charge in [0.05, 0.1) is 22.3 Å². The van der Waals surface area contributed by atoms with Crippen molar-refractivity contribution in [2.24, 2.45) is 0 Å². The summed E-state index contributed by atoms with van der Waals surface area (Å²) in [6, 6.07) is 17.5. The van der Waals surface area contributed by atoms with Crippen LogP contribution < -0.4 is 9.47 Å². The van der Waals surface area contributed by atoms with Crippen LogP contribution in [0.5, 0.6) is 11.5 Å². The molecule has 0 aliphatic carbocycles. The summed E-state index contributed by atoms with van der Waals surface area (Å²) in [6.45, 7) is -0.0620. The van der Waals surface area contributed by atoms with Gasteiger partial charge in [-0.05, 0) is 59.7 Å². The van der Waals surface area contributed by atoms with E-state index in [1.54, 1.807) is 6.07 Å². The molecule has 4 aromatic rings. The second-order valence-electron chi connectivity index (χ2n) is 8.67. The van der Waals surface area contributed by atoms with Gasteiger partial charge in [0.2, 0.25) is 0 Å². The fraction of sp³-hybridized carbons (Fsp3) is 0.133. The molecule has 224 valence electrons. The Morgan fingerprint density at radius 3 is 1.44 bits per heavy atom. The van der Waals surface area contributed by atoms with Crippen LogP contribution >= 0.6 is 0 Å². The molecule has 43 heavy (non-hydrogen) atoms. The molecule has 0 bridgehead atoms. The molecule has 13 heteroatoms. The van der Waals surface area contributed by atoms with Gasteiger partial charge >= 0.3 is 18.3 Å². The van der Waals surface area contributed by atoms with Gasteiger partial charge in [0.1, 0.15) is 42.4 Å². The lowest BCUT2D eigenvalue weighted by atomic mass is 10.1. The van der Waals surface area contributed by atoms with Crippen molar-refractivity contribution in [1.29, 1.82) is 5.26 Å². The second-order valence-corrected chi connectivity index (χ2v) is 8.67. The van der Waals surface area contributed by atoms with E-state index in [-0.39, 0.29) is 30.3 Å². The molecule has 0 fully saturated rings. The summed E-state index contributed by atoms with van der Waals surface area (Å²) >= 11 is 0. The maximum absolute atomic E-state index is 13.4. The van der Waals surface area contributed by atoms with E-state index in [1.807, 2.05) is 0 Å². The molecule has 0 saturated heterocycles. The van der Waals surface area contributed by atoms with Crippen molar-refractivity contribution in [3.8, 4) is 17.6 Å². The molecule has 4 aromatic carbocycles. The molecule has 0 aliphatic heterocycles. The molecule has 0 saturated carbocycles. The van der Waals surface area contributed by atoms with Crippen molar-refractivity contribution >= 4 is 5.97 Å². The largest absolute Gasteiger partial charge is 0.489 e. The van der Waals surface area contributed by atoms with Gasteiger partial charge in [-0.2, -0.15) is 31.6 Å². The summed E-state index contributed by atoms with van der Waals surface area (Å²) in [7, 11) is 0. The number of aromatic carboxylic acids is 1. The second kappa shape index (κ2) is 13.7. The Morgan fingerprint density at radius 1 is 0.674 bits per heavy atom. The average Bonchev–Trinajstić information content (AvgIpc) is 2.95. The van der Waals surface area contributed by atoms with E-state index in [2.05, 4.69) is 0 Å². The van der Waals surface area contributed by atoms with Gasteiger partial charge in [0, 0.05) is 12.1 Å². The van der Waals surface area contributed by atoms with Crippen LogP contribution in [0.15, 0.2) is 84.9 Å². The van der Waals surface area contributed by atoms with E-state index >= 15 is 0 Å². The molecule has 1 N–H and O–H groups in total. The maximum atomic E-state index is 13.4. The number of hydrogen-bond donors (Lipinski definition) is 1. The van der Waals surface area contributed by atoms with Crippen LogP contribution in [0.4, 0.5) is 35.1 Å². The quantitative estimate of drug-likeness (QED) is 0.213. The third-order valence-corrected chi connectivity index (χ3v) is 5.61. The third-order valence-electron chi connectivity index (χ3n) is 5.61. The van der Waals surface area contributed by atoms with Crippen molar-refractivity contribution in [1.82, 2.24) is 0 Å². The summed E-state index contributed by atoms with van der Waals surface area (Å²) < 4.78 is 112. The van der Waals surface area contributed by atoms with Crippen LogP contribution in [0, 0.1) is 23.0 Å². The van der Waals surface area contributed by atoms with Crippen molar-refractivity contribution < 1.29 is 54.5 Å². The van der Waals surface area contributed by atoms with Gasteiger partial charge < -0.3 is 14.6 Å². The van der Waals surface area contributed by atoms with E-state index in [1.165, 1.54) is 42.5 Å². The molecule has 0 amide bonds. The van der Waals surface area contributed by atoms with Gasteiger partial charge in [-0.25, -0.2) is 13.6 Å². The Labute approximate surface area is 239 Å². The molecule has 4 rings (SSSR count). The van der Waals surface area contributed by atoms with Gasteiger partial charge in [-0.15, -0.1) is 0 Å². The number of ether oxygens (including phenoxy) is 2. The lowest BCUT2D eigenvalue weighted by Gasteiger charge is -2.09. The first kappa shape index (κ1) is 32.4. The van der Waals surface area contributed by atoms with Gasteiger partial charge in [0.15, 0.2) is 0 Å². The summed E-state index contributed by atoms with van der Waals surface area (Å²) in [6.07, 6.45) is -8.79. The number of carbonyl (C=O) groups is 1. The zero-order chi connectivity index (χ0) is 31.8. The van der Waals surface area contributed by atoms with E-state index in [0.717, 1.165) is 42.5 Å². The molecule has 0 heterocycles. The molecule has 5 nitrogen and oxygen atoms in total. The molecule has 0 spiro atoms. The van der Waals surface area contributed by atoms with Crippen molar-refractivity contribution in [3.63, 3.8) is 0 Å². The Hall–Kier alpha value is -5.12. The van der Waals surface area contributed by atoms with Gasteiger partial charge in [0.25, 0.3) is 0 Å². The normalized spacial score (nSPS) is 11.1. The van der Waals surface area contributed by atoms with Crippen LogP contribution in [0.3, 0.4) is 0 Å². The molecular weight excluding hydrogens is 590 g/mol. The highest BCUT2D eigenvalue weighted by Gasteiger charge is 2.30. The monoisotopic (exact) mass is 609 g/mol. The highest BCUT2D eigenvalue weighted by Crippen LogP contribution is 2.30. The van der Waals surface area contributed by atoms with E-state index in [0.29, 0.717) is 11.1 Å². The number of nitrogens with zero attached hydrogens (tertiary/aromatic N) is 1. The van der Waals surface area contributed by atoms with Crippen LogP contribution in [-0.4, -0.2) is 11.1 Å². The number of hydrogen-bond acceptors (Lipinski definition) is 4. The molecule has 0 atom stereocenters. The number of rotatable bonds is 7. The summed E-state index contributed by atoms with van der Waals surface area (Å²) in [5.41, 5.74) is -1.11. The minimum absolute atomic E-state index is 0.00345. The van der Waals surface area contributed by atoms with Crippen molar-refractivity contribution in [3.05, 3.63) is 130 Å². The molecule has 0 aliphatic rings.